The molecular formula is C23H23FN2O2. The Kier molecular flexibility index (Phi) is 5.45. The molecule has 0 saturated heterocycles. The van der Waals surface area contributed by atoms with Gasteiger partial charge in [-0.1, -0.05) is 48.5 Å². The van der Waals surface area contributed by atoms with Crippen LogP contribution in [-0.4, -0.2) is 10.5 Å². The van der Waals surface area contributed by atoms with Gasteiger partial charge in [0.05, 0.1) is 5.69 Å². The highest BCUT2D eigenvalue weighted by atomic mass is 19.1. The number of pyridine rings is 1. The van der Waals surface area contributed by atoms with E-state index in [1.807, 2.05) is 62.4 Å². The lowest BCUT2D eigenvalue weighted by molar-refractivity contribution is 0.102. The van der Waals surface area contributed by atoms with E-state index in [1.165, 1.54) is 0 Å². The van der Waals surface area contributed by atoms with E-state index >= 15 is 0 Å². The number of anilines is 1. The molecule has 144 valence electrons. The SMILES string of the molecule is Cc1cccc(C)c1NC(=O)c1c(C)n(Cc2ccccc2)c(C)c(F)c1=O. The van der Waals surface area contributed by atoms with Gasteiger partial charge >= 0.3 is 0 Å². The summed E-state index contributed by atoms with van der Waals surface area (Å²) >= 11 is 0. The molecule has 1 amide bonds. The van der Waals surface area contributed by atoms with E-state index in [1.54, 1.807) is 18.4 Å². The number of aromatic nitrogens is 1. The summed E-state index contributed by atoms with van der Waals surface area (Å²) in [5.74, 6) is -1.49. The van der Waals surface area contributed by atoms with Crippen LogP contribution in [0.5, 0.6) is 0 Å². The van der Waals surface area contributed by atoms with Gasteiger partial charge in [0.2, 0.25) is 5.43 Å². The normalized spacial score (nSPS) is 10.8. The fraction of sp³-hybridized carbons (Fsp3) is 0.217. The number of rotatable bonds is 4. The van der Waals surface area contributed by atoms with Gasteiger partial charge in [0.1, 0.15) is 5.56 Å². The molecule has 0 saturated carbocycles. The molecule has 3 aromatic rings. The number of halogens is 1. The number of nitrogens with zero attached hydrogens (tertiary/aromatic N) is 1. The lowest BCUT2D eigenvalue weighted by Gasteiger charge is -2.19. The van der Waals surface area contributed by atoms with E-state index in [0.29, 0.717) is 17.9 Å². The highest BCUT2D eigenvalue weighted by Gasteiger charge is 2.23. The van der Waals surface area contributed by atoms with Crippen LogP contribution in [0.1, 0.15) is 38.4 Å². The molecule has 28 heavy (non-hydrogen) atoms. The number of hydrogen-bond donors (Lipinski definition) is 1. The molecule has 3 rings (SSSR count). The van der Waals surface area contributed by atoms with Crippen LogP contribution in [0.3, 0.4) is 0 Å². The number of hydrogen-bond acceptors (Lipinski definition) is 2. The van der Waals surface area contributed by atoms with Gasteiger partial charge in [-0.25, -0.2) is 4.39 Å². The van der Waals surface area contributed by atoms with E-state index in [0.717, 1.165) is 16.7 Å². The fourth-order valence-electron chi connectivity index (χ4n) is 3.40. The van der Waals surface area contributed by atoms with Crippen LogP contribution in [-0.2, 0) is 6.54 Å². The molecule has 5 heteroatoms. The van der Waals surface area contributed by atoms with Crippen LogP contribution in [0, 0.1) is 33.5 Å². The van der Waals surface area contributed by atoms with Crippen LogP contribution < -0.4 is 10.7 Å². The molecule has 1 N–H and O–H groups in total. The highest BCUT2D eigenvalue weighted by Crippen LogP contribution is 2.21. The Morgan fingerprint density at radius 3 is 2.14 bits per heavy atom. The van der Waals surface area contributed by atoms with E-state index < -0.39 is 17.2 Å². The van der Waals surface area contributed by atoms with Crippen molar-refractivity contribution in [1.29, 1.82) is 0 Å². The van der Waals surface area contributed by atoms with Crippen LogP contribution in [0.25, 0.3) is 0 Å². The third-order valence-corrected chi connectivity index (χ3v) is 5.05. The molecule has 0 radical (unpaired) electrons. The summed E-state index contributed by atoms with van der Waals surface area (Å²) in [6, 6.07) is 15.2. The number of para-hydroxylation sites is 1. The summed E-state index contributed by atoms with van der Waals surface area (Å²) < 4.78 is 16.4. The van der Waals surface area contributed by atoms with Gasteiger partial charge in [0, 0.05) is 17.9 Å². The number of amides is 1. The average molecular weight is 378 g/mol. The maximum Gasteiger partial charge on any atom is 0.261 e. The number of carbonyl (C=O) groups is 1. The number of nitrogens with one attached hydrogen (secondary N) is 1. The van der Waals surface area contributed by atoms with E-state index in [2.05, 4.69) is 5.32 Å². The minimum absolute atomic E-state index is 0.165. The van der Waals surface area contributed by atoms with E-state index in [9.17, 15) is 14.0 Å². The number of aryl methyl sites for hydroxylation is 2. The molecule has 1 aromatic heterocycles. The maximum atomic E-state index is 14.7. The van der Waals surface area contributed by atoms with Crippen LogP contribution >= 0.6 is 0 Å². The smallest absolute Gasteiger partial charge is 0.261 e. The summed E-state index contributed by atoms with van der Waals surface area (Å²) in [7, 11) is 0. The van der Waals surface area contributed by atoms with Crippen molar-refractivity contribution in [2.45, 2.75) is 34.2 Å². The van der Waals surface area contributed by atoms with Gasteiger partial charge in [0.15, 0.2) is 5.82 Å². The van der Waals surface area contributed by atoms with Crippen molar-refractivity contribution in [1.82, 2.24) is 4.57 Å². The van der Waals surface area contributed by atoms with Gasteiger partial charge in [-0.3, -0.25) is 9.59 Å². The van der Waals surface area contributed by atoms with Crippen molar-refractivity contribution in [3.05, 3.63) is 98.2 Å². The van der Waals surface area contributed by atoms with E-state index in [-0.39, 0.29) is 11.3 Å². The zero-order valence-electron chi connectivity index (χ0n) is 16.5. The Morgan fingerprint density at radius 2 is 1.54 bits per heavy atom. The van der Waals surface area contributed by atoms with Crippen LogP contribution in [0.4, 0.5) is 10.1 Å². The molecule has 0 unspecified atom stereocenters. The third kappa shape index (κ3) is 3.60. The summed E-state index contributed by atoms with van der Waals surface area (Å²) in [5, 5.41) is 2.80. The first-order valence-corrected chi connectivity index (χ1v) is 9.12. The Labute approximate surface area is 163 Å². The van der Waals surface area contributed by atoms with Gasteiger partial charge < -0.3 is 9.88 Å². The molecule has 0 spiro atoms. The lowest BCUT2D eigenvalue weighted by Crippen LogP contribution is -2.30. The summed E-state index contributed by atoms with van der Waals surface area (Å²) in [4.78, 5) is 25.5. The number of carbonyl (C=O) groups excluding carboxylic acids is 1. The standard InChI is InChI=1S/C23H23FN2O2/c1-14-9-8-10-15(2)21(14)25-23(28)19-16(3)26(17(4)20(24)22(19)27)13-18-11-6-5-7-12-18/h5-12H,13H2,1-4H3,(H,25,28). The van der Waals surface area contributed by atoms with Crippen LogP contribution in [0.2, 0.25) is 0 Å². The second-order valence-corrected chi connectivity index (χ2v) is 6.98. The molecular weight excluding hydrogens is 355 g/mol. The Morgan fingerprint density at radius 1 is 0.929 bits per heavy atom. The molecule has 2 aromatic carbocycles. The third-order valence-electron chi connectivity index (χ3n) is 5.05. The quantitative estimate of drug-likeness (QED) is 0.726. The zero-order chi connectivity index (χ0) is 20.4. The molecule has 4 nitrogen and oxygen atoms in total. The predicted molar refractivity (Wildman–Crippen MR) is 110 cm³/mol. The fourth-order valence-corrected chi connectivity index (χ4v) is 3.40. The largest absolute Gasteiger partial charge is 0.341 e. The molecule has 0 fully saturated rings. The van der Waals surface area contributed by atoms with Gasteiger partial charge in [-0.2, -0.15) is 0 Å². The van der Waals surface area contributed by atoms with Gasteiger partial charge in [-0.05, 0) is 44.4 Å². The predicted octanol–water partition coefficient (Wildman–Crippen LogP) is 4.52. The van der Waals surface area contributed by atoms with Crippen molar-refractivity contribution in [3.8, 4) is 0 Å². The summed E-state index contributed by atoms with van der Waals surface area (Å²) in [6.45, 7) is 7.35. The van der Waals surface area contributed by atoms with Crippen molar-refractivity contribution in [2.75, 3.05) is 5.32 Å². The Bertz CT molecular complexity index is 1080. The number of benzene rings is 2. The average Bonchev–Trinajstić information content (AvgIpc) is 2.67. The zero-order valence-corrected chi connectivity index (χ0v) is 16.5. The van der Waals surface area contributed by atoms with Crippen molar-refractivity contribution in [2.24, 2.45) is 0 Å². The summed E-state index contributed by atoms with van der Waals surface area (Å²) in [6.07, 6.45) is 0. The van der Waals surface area contributed by atoms with E-state index in [4.69, 9.17) is 0 Å². The Hall–Kier alpha value is -3.21. The topological polar surface area (TPSA) is 51.1 Å². The molecule has 0 bridgehead atoms. The summed E-state index contributed by atoms with van der Waals surface area (Å²) in [5.41, 5.74) is 2.97. The Balaban J connectivity index is 2.08. The van der Waals surface area contributed by atoms with Gasteiger partial charge in [0.25, 0.3) is 5.91 Å². The van der Waals surface area contributed by atoms with Crippen molar-refractivity contribution >= 4 is 11.6 Å². The first kappa shape index (κ1) is 19.5. The van der Waals surface area contributed by atoms with Gasteiger partial charge in [-0.15, -0.1) is 0 Å². The minimum atomic E-state index is -0.895. The molecule has 0 aliphatic carbocycles. The molecule has 0 aliphatic heterocycles. The highest BCUT2D eigenvalue weighted by molar-refractivity contribution is 6.05. The molecule has 0 aliphatic rings. The first-order valence-electron chi connectivity index (χ1n) is 9.12. The minimum Gasteiger partial charge on any atom is -0.341 e. The maximum absolute atomic E-state index is 14.7. The second-order valence-electron chi connectivity index (χ2n) is 6.98. The molecule has 0 atom stereocenters. The second kappa shape index (κ2) is 7.80. The molecule has 1 heterocycles. The lowest BCUT2D eigenvalue weighted by atomic mass is 10.1. The monoisotopic (exact) mass is 378 g/mol. The van der Waals surface area contributed by atoms with Crippen molar-refractivity contribution < 1.29 is 9.18 Å². The van der Waals surface area contributed by atoms with Crippen molar-refractivity contribution in [3.63, 3.8) is 0 Å². The first-order chi connectivity index (χ1) is 13.3. The van der Waals surface area contributed by atoms with Crippen LogP contribution in [0.15, 0.2) is 53.3 Å².